The zero-order valence-electron chi connectivity index (χ0n) is 11.3. The van der Waals surface area contributed by atoms with E-state index in [0.717, 1.165) is 11.1 Å². The van der Waals surface area contributed by atoms with E-state index in [4.69, 9.17) is 0 Å². The maximum atomic E-state index is 11.4. The number of carbonyl (C=O) groups is 1. The lowest BCUT2D eigenvalue weighted by atomic mass is 9.84. The van der Waals surface area contributed by atoms with Gasteiger partial charge in [0, 0.05) is 0 Å². The van der Waals surface area contributed by atoms with E-state index in [9.17, 15) is 4.79 Å². The third-order valence-electron chi connectivity index (χ3n) is 2.85. The molecular formula is C15H20O2. The van der Waals surface area contributed by atoms with Crippen LogP contribution in [-0.2, 0) is 14.9 Å². The van der Waals surface area contributed by atoms with Gasteiger partial charge in [0.25, 0.3) is 0 Å². The second kappa shape index (κ2) is 4.74. The number of esters is 1. The Balaban J connectivity index is 3.15. The highest BCUT2D eigenvalue weighted by molar-refractivity contribution is 6.15. The molecule has 0 fully saturated rings. The fraction of sp³-hybridized carbons (Fsp3) is 0.400. The van der Waals surface area contributed by atoms with Crippen molar-refractivity contribution in [1.82, 2.24) is 0 Å². The largest absolute Gasteiger partial charge is 0.465 e. The van der Waals surface area contributed by atoms with E-state index >= 15 is 0 Å². The van der Waals surface area contributed by atoms with Gasteiger partial charge < -0.3 is 4.74 Å². The Labute approximate surface area is 103 Å². The average Bonchev–Trinajstić information content (AvgIpc) is 2.25. The summed E-state index contributed by atoms with van der Waals surface area (Å²) in [6, 6.07) is 6.08. The van der Waals surface area contributed by atoms with E-state index < -0.39 is 0 Å². The Hall–Kier alpha value is -1.57. The number of carbonyl (C=O) groups excluding carboxylic acids is 1. The molecule has 0 aliphatic rings. The van der Waals surface area contributed by atoms with Gasteiger partial charge in [-0.3, -0.25) is 0 Å². The van der Waals surface area contributed by atoms with Crippen molar-refractivity contribution in [3.63, 3.8) is 0 Å². The first-order valence-corrected chi connectivity index (χ1v) is 5.66. The molecule has 2 nitrogen and oxygen atoms in total. The van der Waals surface area contributed by atoms with E-state index in [-0.39, 0.29) is 11.4 Å². The summed E-state index contributed by atoms with van der Waals surface area (Å²) in [6.07, 6.45) is 0. The summed E-state index contributed by atoms with van der Waals surface area (Å²) >= 11 is 0. The topological polar surface area (TPSA) is 26.3 Å². The molecule has 0 amide bonds. The Morgan fingerprint density at radius 1 is 1.29 bits per heavy atom. The van der Waals surface area contributed by atoms with Crippen LogP contribution in [0.5, 0.6) is 0 Å². The molecule has 0 unspecified atom stereocenters. The quantitative estimate of drug-likeness (QED) is 0.576. The minimum Gasteiger partial charge on any atom is -0.465 e. The van der Waals surface area contributed by atoms with Crippen LogP contribution in [0.1, 0.15) is 37.5 Å². The third kappa shape index (κ3) is 2.96. The molecule has 0 aliphatic carbocycles. The molecular weight excluding hydrogens is 212 g/mol. The van der Waals surface area contributed by atoms with E-state index in [1.54, 1.807) is 0 Å². The van der Waals surface area contributed by atoms with Crippen LogP contribution >= 0.6 is 0 Å². The van der Waals surface area contributed by atoms with Crippen LogP contribution in [0.3, 0.4) is 0 Å². The lowest BCUT2D eigenvalue weighted by molar-refractivity contribution is -0.133. The van der Waals surface area contributed by atoms with Crippen molar-refractivity contribution in [2.75, 3.05) is 7.11 Å². The van der Waals surface area contributed by atoms with E-state index in [2.05, 4.69) is 38.2 Å². The van der Waals surface area contributed by atoms with Gasteiger partial charge in [-0.2, -0.15) is 0 Å². The molecule has 1 aromatic carbocycles. The van der Waals surface area contributed by atoms with Gasteiger partial charge in [-0.1, -0.05) is 45.5 Å². The Kier molecular flexibility index (Phi) is 3.76. The molecule has 0 saturated carbocycles. The molecule has 1 rings (SSSR count). The molecule has 1 aromatic rings. The molecule has 0 saturated heterocycles. The van der Waals surface area contributed by atoms with Crippen molar-refractivity contribution in [2.24, 2.45) is 0 Å². The van der Waals surface area contributed by atoms with Gasteiger partial charge in [-0.25, -0.2) is 4.79 Å². The van der Waals surface area contributed by atoms with Crippen molar-refractivity contribution in [3.05, 3.63) is 41.5 Å². The van der Waals surface area contributed by atoms with Crippen molar-refractivity contribution in [2.45, 2.75) is 33.1 Å². The number of hydrogen-bond donors (Lipinski definition) is 0. The number of hydrogen-bond acceptors (Lipinski definition) is 2. The van der Waals surface area contributed by atoms with Crippen LogP contribution in [0.2, 0.25) is 0 Å². The zero-order valence-corrected chi connectivity index (χ0v) is 11.3. The summed E-state index contributed by atoms with van der Waals surface area (Å²) in [5.74, 6) is -0.378. The highest BCUT2D eigenvalue weighted by atomic mass is 16.5. The highest BCUT2D eigenvalue weighted by Crippen LogP contribution is 2.27. The zero-order chi connectivity index (χ0) is 13.2. The summed E-state index contributed by atoms with van der Waals surface area (Å²) in [7, 11) is 1.37. The first-order chi connectivity index (χ1) is 7.77. The molecule has 0 heterocycles. The first-order valence-electron chi connectivity index (χ1n) is 5.66. The minimum absolute atomic E-state index is 0.107. The normalized spacial score (nSPS) is 11.1. The lowest BCUT2D eigenvalue weighted by Crippen LogP contribution is -2.12. The van der Waals surface area contributed by atoms with Gasteiger partial charge in [0.2, 0.25) is 0 Å². The Morgan fingerprint density at radius 2 is 1.88 bits per heavy atom. The summed E-state index contributed by atoms with van der Waals surface area (Å²) in [6.45, 7) is 12.2. The molecule has 92 valence electrons. The van der Waals surface area contributed by atoms with E-state index in [1.807, 2.05) is 19.1 Å². The van der Waals surface area contributed by atoms with Gasteiger partial charge in [0.05, 0.1) is 12.7 Å². The van der Waals surface area contributed by atoms with Crippen LogP contribution < -0.4 is 0 Å². The van der Waals surface area contributed by atoms with Crippen LogP contribution in [0, 0.1) is 6.92 Å². The average molecular weight is 232 g/mol. The SMILES string of the molecule is C=C(C(=O)OC)c1ccc(C(C)(C)C)cc1C. The van der Waals surface area contributed by atoms with Gasteiger partial charge in [0.15, 0.2) is 0 Å². The molecule has 0 aromatic heterocycles. The van der Waals surface area contributed by atoms with Crippen molar-refractivity contribution < 1.29 is 9.53 Å². The van der Waals surface area contributed by atoms with Crippen molar-refractivity contribution in [3.8, 4) is 0 Å². The molecule has 0 radical (unpaired) electrons. The molecule has 2 heteroatoms. The van der Waals surface area contributed by atoms with Gasteiger partial charge in [0.1, 0.15) is 0 Å². The second-order valence-electron chi connectivity index (χ2n) is 5.25. The number of rotatable bonds is 2. The van der Waals surface area contributed by atoms with Gasteiger partial charge >= 0.3 is 5.97 Å². The van der Waals surface area contributed by atoms with E-state index in [0.29, 0.717) is 5.57 Å². The van der Waals surface area contributed by atoms with Gasteiger partial charge in [-0.05, 0) is 29.0 Å². The molecule has 17 heavy (non-hydrogen) atoms. The van der Waals surface area contributed by atoms with Crippen LogP contribution in [0.15, 0.2) is 24.8 Å². The summed E-state index contributed by atoms with van der Waals surface area (Å²) in [5.41, 5.74) is 3.66. The first kappa shape index (κ1) is 13.5. The number of ether oxygens (including phenoxy) is 1. The highest BCUT2D eigenvalue weighted by Gasteiger charge is 2.17. The van der Waals surface area contributed by atoms with Crippen LogP contribution in [0.25, 0.3) is 5.57 Å². The summed E-state index contributed by atoms with van der Waals surface area (Å²) in [4.78, 5) is 11.4. The predicted octanol–water partition coefficient (Wildman–Crippen LogP) is 3.48. The smallest absolute Gasteiger partial charge is 0.337 e. The fourth-order valence-corrected chi connectivity index (χ4v) is 1.70. The number of methoxy groups -OCH3 is 1. The third-order valence-corrected chi connectivity index (χ3v) is 2.85. The van der Waals surface area contributed by atoms with E-state index in [1.165, 1.54) is 12.7 Å². The van der Waals surface area contributed by atoms with Gasteiger partial charge in [-0.15, -0.1) is 0 Å². The van der Waals surface area contributed by atoms with Crippen LogP contribution in [0.4, 0.5) is 0 Å². The maximum Gasteiger partial charge on any atom is 0.337 e. The Morgan fingerprint density at radius 3 is 2.29 bits per heavy atom. The molecule has 0 atom stereocenters. The molecule has 0 bridgehead atoms. The van der Waals surface area contributed by atoms with Crippen LogP contribution in [-0.4, -0.2) is 13.1 Å². The second-order valence-corrected chi connectivity index (χ2v) is 5.25. The van der Waals surface area contributed by atoms with Crippen molar-refractivity contribution >= 4 is 11.5 Å². The Bertz CT molecular complexity index is 450. The summed E-state index contributed by atoms with van der Waals surface area (Å²) < 4.78 is 4.68. The monoisotopic (exact) mass is 232 g/mol. The number of aryl methyl sites for hydroxylation is 1. The fourth-order valence-electron chi connectivity index (χ4n) is 1.70. The van der Waals surface area contributed by atoms with Crippen molar-refractivity contribution in [1.29, 1.82) is 0 Å². The molecule has 0 N–H and O–H groups in total. The predicted molar refractivity (Wildman–Crippen MR) is 70.9 cm³/mol. The summed E-state index contributed by atoms with van der Waals surface area (Å²) in [5, 5.41) is 0. The molecule has 0 spiro atoms. The number of benzene rings is 1. The maximum absolute atomic E-state index is 11.4. The standard InChI is InChI=1S/C15H20O2/c1-10-9-12(15(3,4)5)7-8-13(10)11(2)14(16)17-6/h7-9H,2H2,1,3-6H3. The minimum atomic E-state index is -0.378. The lowest BCUT2D eigenvalue weighted by Gasteiger charge is -2.20. The molecule has 0 aliphatic heterocycles.